The molecule has 4 rings (SSSR count). The number of rotatable bonds is 8. The molecule has 3 nitrogen and oxygen atoms in total. The summed E-state index contributed by atoms with van der Waals surface area (Å²) in [6.45, 7) is 0.853. The Morgan fingerprint density at radius 1 is 0.871 bits per heavy atom. The van der Waals surface area contributed by atoms with Gasteiger partial charge in [0.1, 0.15) is 12.4 Å². The van der Waals surface area contributed by atoms with Gasteiger partial charge in [-0.15, -0.1) is 11.8 Å². The van der Waals surface area contributed by atoms with Crippen LogP contribution in [0.4, 0.5) is 0 Å². The fourth-order valence-corrected chi connectivity index (χ4v) is 4.18. The number of hydrogen-bond acceptors (Lipinski definition) is 3. The Labute approximate surface area is 191 Å². The molecule has 0 heterocycles. The first kappa shape index (κ1) is 21.3. The van der Waals surface area contributed by atoms with Crippen LogP contribution in [-0.2, 0) is 5.75 Å². The van der Waals surface area contributed by atoms with E-state index in [1.54, 1.807) is 11.8 Å². The average molecular weight is 448 g/mol. The lowest BCUT2D eigenvalue weighted by Gasteiger charge is -2.10. The molecule has 0 saturated carbocycles. The molecule has 5 heteroatoms. The van der Waals surface area contributed by atoms with Gasteiger partial charge in [-0.3, -0.25) is 4.79 Å². The molecule has 0 atom stereocenters. The summed E-state index contributed by atoms with van der Waals surface area (Å²) in [5, 5.41) is 5.87. The van der Waals surface area contributed by atoms with Crippen LogP contribution in [0.25, 0.3) is 10.8 Å². The maximum Gasteiger partial charge on any atom is 0.251 e. The van der Waals surface area contributed by atoms with Crippen LogP contribution in [-0.4, -0.2) is 19.1 Å². The van der Waals surface area contributed by atoms with Gasteiger partial charge in [-0.05, 0) is 53.4 Å². The molecule has 0 saturated heterocycles. The number of ether oxygens (including phenoxy) is 1. The lowest BCUT2D eigenvalue weighted by molar-refractivity contribution is 0.0947. The van der Waals surface area contributed by atoms with Crippen LogP contribution in [0.2, 0.25) is 5.02 Å². The van der Waals surface area contributed by atoms with Gasteiger partial charge in [0.2, 0.25) is 0 Å². The van der Waals surface area contributed by atoms with Gasteiger partial charge < -0.3 is 10.1 Å². The van der Waals surface area contributed by atoms with E-state index in [2.05, 4.69) is 17.4 Å². The minimum atomic E-state index is -0.0987. The number of carbonyl (C=O) groups is 1. The standard InChI is InChI=1S/C26H22ClNO2S/c27-22-12-14-23(15-13-22)31-18-19-8-10-21(11-9-19)26(29)28-16-17-30-25-7-3-5-20-4-1-2-6-24(20)25/h1-15H,16-18H2,(H,28,29). The van der Waals surface area contributed by atoms with Crippen molar-refractivity contribution in [1.29, 1.82) is 0 Å². The maximum absolute atomic E-state index is 12.4. The normalized spacial score (nSPS) is 10.7. The number of fused-ring (bicyclic) bond motifs is 1. The van der Waals surface area contributed by atoms with Crippen LogP contribution in [0.3, 0.4) is 0 Å². The Hall–Kier alpha value is -2.95. The van der Waals surface area contributed by atoms with Crippen LogP contribution >= 0.6 is 23.4 Å². The van der Waals surface area contributed by atoms with Crippen LogP contribution in [0.1, 0.15) is 15.9 Å². The molecule has 0 aliphatic rings. The predicted molar refractivity (Wildman–Crippen MR) is 129 cm³/mol. The third-order valence-corrected chi connectivity index (χ3v) is 6.17. The first-order valence-corrected chi connectivity index (χ1v) is 11.4. The van der Waals surface area contributed by atoms with Crippen molar-refractivity contribution in [3.8, 4) is 5.75 Å². The highest BCUT2D eigenvalue weighted by Gasteiger charge is 2.06. The summed E-state index contributed by atoms with van der Waals surface area (Å²) in [4.78, 5) is 13.6. The highest BCUT2D eigenvalue weighted by Crippen LogP contribution is 2.25. The molecule has 0 spiro atoms. The highest BCUT2D eigenvalue weighted by atomic mass is 35.5. The average Bonchev–Trinajstić information content (AvgIpc) is 2.82. The summed E-state index contributed by atoms with van der Waals surface area (Å²) in [5.74, 6) is 1.57. The fourth-order valence-electron chi connectivity index (χ4n) is 3.20. The summed E-state index contributed by atoms with van der Waals surface area (Å²) in [6.07, 6.45) is 0. The molecule has 4 aromatic carbocycles. The molecule has 0 aromatic heterocycles. The Morgan fingerprint density at radius 2 is 1.61 bits per heavy atom. The molecular weight excluding hydrogens is 426 g/mol. The second kappa shape index (κ2) is 10.4. The van der Waals surface area contributed by atoms with E-state index in [1.807, 2.05) is 78.9 Å². The molecule has 0 aliphatic heterocycles. The van der Waals surface area contributed by atoms with E-state index >= 15 is 0 Å². The maximum atomic E-state index is 12.4. The molecule has 0 fully saturated rings. The van der Waals surface area contributed by atoms with E-state index in [-0.39, 0.29) is 5.91 Å². The monoisotopic (exact) mass is 447 g/mol. The van der Waals surface area contributed by atoms with Gasteiger partial charge in [0.05, 0.1) is 6.54 Å². The summed E-state index contributed by atoms with van der Waals surface area (Å²) >= 11 is 7.66. The molecule has 0 bridgehead atoms. The van der Waals surface area contributed by atoms with E-state index in [0.717, 1.165) is 37.8 Å². The number of carbonyl (C=O) groups excluding carboxylic acids is 1. The smallest absolute Gasteiger partial charge is 0.251 e. The van der Waals surface area contributed by atoms with Gasteiger partial charge in [-0.1, -0.05) is 60.1 Å². The quantitative estimate of drug-likeness (QED) is 0.244. The van der Waals surface area contributed by atoms with Crippen molar-refractivity contribution < 1.29 is 9.53 Å². The molecule has 1 N–H and O–H groups in total. The van der Waals surface area contributed by atoms with Crippen LogP contribution in [0, 0.1) is 0 Å². The predicted octanol–water partition coefficient (Wildman–Crippen LogP) is 6.59. The molecule has 0 radical (unpaired) electrons. The lowest BCUT2D eigenvalue weighted by atomic mass is 10.1. The van der Waals surface area contributed by atoms with Crippen molar-refractivity contribution in [2.75, 3.05) is 13.2 Å². The summed E-state index contributed by atoms with van der Waals surface area (Å²) in [7, 11) is 0. The van der Waals surface area contributed by atoms with Gasteiger partial charge in [-0.2, -0.15) is 0 Å². The molecule has 4 aromatic rings. The molecule has 31 heavy (non-hydrogen) atoms. The molecule has 156 valence electrons. The van der Waals surface area contributed by atoms with Crippen molar-refractivity contribution in [2.45, 2.75) is 10.6 Å². The van der Waals surface area contributed by atoms with Gasteiger partial charge in [0.25, 0.3) is 5.91 Å². The first-order chi connectivity index (χ1) is 15.2. The lowest BCUT2D eigenvalue weighted by Crippen LogP contribution is -2.28. The Balaban J connectivity index is 1.24. The van der Waals surface area contributed by atoms with E-state index < -0.39 is 0 Å². The summed E-state index contributed by atoms with van der Waals surface area (Å²) in [6, 6.07) is 29.6. The minimum Gasteiger partial charge on any atom is -0.491 e. The Kier molecular flexibility index (Phi) is 7.13. The Bertz CT molecular complexity index is 1150. The number of amides is 1. The van der Waals surface area contributed by atoms with Crippen LogP contribution in [0.5, 0.6) is 5.75 Å². The molecular formula is C26H22ClNO2S. The van der Waals surface area contributed by atoms with Crippen molar-refractivity contribution >= 4 is 40.0 Å². The zero-order chi connectivity index (χ0) is 21.5. The van der Waals surface area contributed by atoms with Crippen molar-refractivity contribution in [3.63, 3.8) is 0 Å². The van der Waals surface area contributed by atoms with Gasteiger partial charge in [0, 0.05) is 26.6 Å². The van der Waals surface area contributed by atoms with Crippen LogP contribution in [0.15, 0.2) is 95.9 Å². The SMILES string of the molecule is O=C(NCCOc1cccc2ccccc12)c1ccc(CSc2ccc(Cl)cc2)cc1. The molecule has 0 unspecified atom stereocenters. The molecule has 0 aliphatic carbocycles. The van der Waals surface area contributed by atoms with Gasteiger partial charge in [0.15, 0.2) is 0 Å². The number of hydrogen-bond donors (Lipinski definition) is 1. The third-order valence-electron chi connectivity index (χ3n) is 4.83. The zero-order valence-corrected chi connectivity index (χ0v) is 18.5. The number of benzene rings is 4. The van der Waals surface area contributed by atoms with Gasteiger partial charge >= 0.3 is 0 Å². The fraction of sp³-hybridized carbons (Fsp3) is 0.115. The van der Waals surface area contributed by atoms with Gasteiger partial charge in [-0.25, -0.2) is 0 Å². The summed E-state index contributed by atoms with van der Waals surface area (Å²) < 4.78 is 5.88. The van der Waals surface area contributed by atoms with Crippen molar-refractivity contribution in [2.24, 2.45) is 0 Å². The second-order valence-electron chi connectivity index (χ2n) is 7.02. The minimum absolute atomic E-state index is 0.0987. The second-order valence-corrected chi connectivity index (χ2v) is 8.51. The van der Waals surface area contributed by atoms with E-state index in [4.69, 9.17) is 16.3 Å². The number of halogens is 1. The topological polar surface area (TPSA) is 38.3 Å². The van der Waals surface area contributed by atoms with E-state index in [9.17, 15) is 4.79 Å². The van der Waals surface area contributed by atoms with Crippen LogP contribution < -0.4 is 10.1 Å². The zero-order valence-electron chi connectivity index (χ0n) is 16.9. The Morgan fingerprint density at radius 3 is 2.42 bits per heavy atom. The third kappa shape index (κ3) is 5.81. The summed E-state index contributed by atoms with van der Waals surface area (Å²) in [5.41, 5.74) is 1.81. The van der Waals surface area contributed by atoms with Crippen molar-refractivity contribution in [3.05, 3.63) is 107 Å². The molecule has 1 amide bonds. The highest BCUT2D eigenvalue weighted by molar-refractivity contribution is 7.98. The van der Waals surface area contributed by atoms with E-state index in [1.165, 1.54) is 0 Å². The number of nitrogens with one attached hydrogen (secondary N) is 1. The van der Waals surface area contributed by atoms with Crippen molar-refractivity contribution in [1.82, 2.24) is 5.32 Å². The van der Waals surface area contributed by atoms with E-state index in [0.29, 0.717) is 18.7 Å². The number of thioether (sulfide) groups is 1. The largest absolute Gasteiger partial charge is 0.491 e. The first-order valence-electron chi connectivity index (χ1n) is 10.0.